The number of aromatic carboxylic acids is 1. The third-order valence-electron chi connectivity index (χ3n) is 4.05. The second-order valence-corrected chi connectivity index (χ2v) is 5.89. The van der Waals surface area contributed by atoms with Crippen LogP contribution in [0.25, 0.3) is 0 Å². The molecule has 0 radical (unpaired) electrons. The number of rotatable bonds is 12. The van der Waals surface area contributed by atoms with Crippen molar-refractivity contribution in [2.45, 2.75) is 77.6 Å². The molecule has 0 aliphatic carbocycles. The van der Waals surface area contributed by atoms with E-state index in [2.05, 4.69) is 6.92 Å². The minimum atomic E-state index is -0.808. The number of aryl methyl sites for hydroxylation is 1. The van der Waals surface area contributed by atoms with Gasteiger partial charge in [0, 0.05) is 0 Å². The first-order valence-corrected chi connectivity index (χ1v) is 8.57. The van der Waals surface area contributed by atoms with Crippen molar-refractivity contribution in [3.8, 4) is 0 Å². The average Bonchev–Trinajstić information content (AvgIpc) is 2.49. The molecule has 3 heteroatoms. The van der Waals surface area contributed by atoms with Gasteiger partial charge in [-0.3, -0.25) is 0 Å². The number of unbranched alkanes of at least 4 members (excludes halogenated alkanes) is 9. The van der Waals surface area contributed by atoms with Gasteiger partial charge in [-0.25, -0.2) is 4.79 Å². The van der Waals surface area contributed by atoms with Crippen molar-refractivity contribution in [2.75, 3.05) is 0 Å². The molecule has 0 bridgehead atoms. The fraction of sp³-hybridized carbons (Fsp3) is 0.632. The number of carboxylic acids is 1. The fourth-order valence-corrected chi connectivity index (χ4v) is 2.75. The van der Waals surface area contributed by atoms with E-state index in [-0.39, 0.29) is 37.7 Å². The Morgan fingerprint density at radius 3 is 1.91 bits per heavy atom. The maximum atomic E-state index is 11.1. The van der Waals surface area contributed by atoms with E-state index in [9.17, 15) is 4.79 Å². The van der Waals surface area contributed by atoms with Gasteiger partial charge >= 0.3 is 43.7 Å². The van der Waals surface area contributed by atoms with Crippen molar-refractivity contribution in [1.29, 1.82) is 0 Å². The Morgan fingerprint density at radius 2 is 1.36 bits per heavy atom. The summed E-state index contributed by atoms with van der Waals surface area (Å²) >= 11 is 0. The molecule has 22 heavy (non-hydrogen) atoms. The SMILES string of the molecule is CCCCCCCCCCCCc1ccccc1C(=O)O.[CaH2]. The van der Waals surface area contributed by atoms with Gasteiger partial charge in [0.25, 0.3) is 0 Å². The zero-order valence-corrected chi connectivity index (χ0v) is 13.4. The standard InChI is InChI=1S/C19H30O2.Ca.2H/c1-2-3-4-5-6-7-8-9-10-11-14-17-15-12-13-16-18(17)19(20)21;;;/h12-13,15-16H,2-11,14H2,1H3,(H,20,21);;;. The van der Waals surface area contributed by atoms with Crippen molar-refractivity contribution >= 4 is 43.7 Å². The Kier molecular flexibility index (Phi) is 14.5. The predicted octanol–water partition coefficient (Wildman–Crippen LogP) is 4.93. The van der Waals surface area contributed by atoms with Crippen molar-refractivity contribution in [3.05, 3.63) is 35.4 Å². The molecule has 0 aromatic heterocycles. The molecule has 2 nitrogen and oxygen atoms in total. The Bertz CT molecular complexity index is 404. The van der Waals surface area contributed by atoms with E-state index in [0.717, 1.165) is 18.4 Å². The van der Waals surface area contributed by atoms with E-state index < -0.39 is 5.97 Å². The molecule has 0 aliphatic rings. The van der Waals surface area contributed by atoms with Crippen LogP contribution in [0.5, 0.6) is 0 Å². The summed E-state index contributed by atoms with van der Waals surface area (Å²) in [6.45, 7) is 2.25. The second-order valence-electron chi connectivity index (χ2n) is 5.89. The third-order valence-corrected chi connectivity index (χ3v) is 4.05. The van der Waals surface area contributed by atoms with E-state index in [4.69, 9.17) is 5.11 Å². The van der Waals surface area contributed by atoms with Gasteiger partial charge in [0.15, 0.2) is 0 Å². The summed E-state index contributed by atoms with van der Waals surface area (Å²) in [5, 5.41) is 9.13. The molecule has 1 aromatic carbocycles. The molecular formula is C19H32CaO2. The summed E-state index contributed by atoms with van der Waals surface area (Å²) in [5.41, 5.74) is 1.44. The first kappa shape index (κ1) is 21.9. The average molecular weight is 333 g/mol. The van der Waals surface area contributed by atoms with Crippen LogP contribution < -0.4 is 0 Å². The Labute approximate surface area is 165 Å². The Balaban J connectivity index is 0.00000441. The molecule has 1 aromatic rings. The van der Waals surface area contributed by atoms with Gasteiger partial charge < -0.3 is 5.11 Å². The maximum absolute atomic E-state index is 11.1. The van der Waals surface area contributed by atoms with E-state index in [1.54, 1.807) is 12.1 Å². The van der Waals surface area contributed by atoms with Crippen molar-refractivity contribution in [3.63, 3.8) is 0 Å². The van der Waals surface area contributed by atoms with Gasteiger partial charge in [-0.05, 0) is 24.5 Å². The minimum absolute atomic E-state index is 0. The Morgan fingerprint density at radius 1 is 0.864 bits per heavy atom. The summed E-state index contributed by atoms with van der Waals surface area (Å²) in [6.07, 6.45) is 14.0. The molecule has 0 heterocycles. The van der Waals surface area contributed by atoms with E-state index in [1.807, 2.05) is 12.1 Å². The van der Waals surface area contributed by atoms with Gasteiger partial charge in [0.2, 0.25) is 0 Å². The molecule has 0 saturated heterocycles. The Hall–Kier alpha value is -0.0503. The van der Waals surface area contributed by atoms with Crippen LogP contribution in [0.2, 0.25) is 0 Å². The third kappa shape index (κ3) is 9.86. The van der Waals surface area contributed by atoms with Gasteiger partial charge in [0.1, 0.15) is 0 Å². The molecular weight excluding hydrogens is 300 g/mol. The number of carboxylic acid groups (broad SMARTS) is 1. The molecule has 1 N–H and O–H groups in total. The first-order chi connectivity index (χ1) is 10.3. The normalized spacial score (nSPS) is 10.2. The second kappa shape index (κ2) is 14.5. The zero-order valence-electron chi connectivity index (χ0n) is 13.4. The van der Waals surface area contributed by atoms with E-state index >= 15 is 0 Å². The quantitative estimate of drug-likeness (QED) is 0.435. The molecule has 0 atom stereocenters. The van der Waals surface area contributed by atoms with Crippen LogP contribution in [0.1, 0.15) is 87.1 Å². The van der Waals surface area contributed by atoms with Gasteiger partial charge in [-0.15, -0.1) is 0 Å². The molecule has 0 amide bonds. The molecule has 0 spiro atoms. The molecule has 0 unspecified atom stereocenters. The molecule has 0 saturated carbocycles. The van der Waals surface area contributed by atoms with E-state index in [1.165, 1.54) is 57.8 Å². The number of benzene rings is 1. The number of carbonyl (C=O) groups is 1. The summed E-state index contributed by atoms with van der Waals surface area (Å²) in [7, 11) is 0. The summed E-state index contributed by atoms with van der Waals surface area (Å²) in [6, 6.07) is 7.37. The topological polar surface area (TPSA) is 37.3 Å². The molecule has 0 aliphatic heterocycles. The van der Waals surface area contributed by atoms with E-state index in [0.29, 0.717) is 5.56 Å². The van der Waals surface area contributed by atoms with Crippen molar-refractivity contribution < 1.29 is 9.90 Å². The molecule has 0 fully saturated rings. The number of hydrogen-bond acceptors (Lipinski definition) is 1. The van der Waals surface area contributed by atoms with Crippen molar-refractivity contribution in [2.24, 2.45) is 0 Å². The van der Waals surface area contributed by atoms with Crippen molar-refractivity contribution in [1.82, 2.24) is 0 Å². The van der Waals surface area contributed by atoms with Crippen LogP contribution in [-0.2, 0) is 6.42 Å². The summed E-state index contributed by atoms with van der Waals surface area (Å²) in [4.78, 5) is 11.1. The fourth-order valence-electron chi connectivity index (χ4n) is 2.75. The van der Waals surface area contributed by atoms with Gasteiger partial charge in [-0.2, -0.15) is 0 Å². The van der Waals surface area contributed by atoms with Crippen LogP contribution in [0, 0.1) is 0 Å². The molecule has 1 rings (SSSR count). The first-order valence-electron chi connectivity index (χ1n) is 8.57. The predicted molar refractivity (Wildman–Crippen MR) is 97.5 cm³/mol. The van der Waals surface area contributed by atoms with Crippen LogP contribution in [-0.4, -0.2) is 48.8 Å². The van der Waals surface area contributed by atoms with Crippen LogP contribution in [0.4, 0.5) is 0 Å². The zero-order chi connectivity index (χ0) is 15.3. The summed E-state index contributed by atoms with van der Waals surface area (Å²) < 4.78 is 0. The monoisotopic (exact) mass is 332 g/mol. The van der Waals surface area contributed by atoms with Gasteiger partial charge in [0.05, 0.1) is 5.56 Å². The van der Waals surface area contributed by atoms with Crippen LogP contribution >= 0.6 is 0 Å². The molecule has 122 valence electrons. The van der Waals surface area contributed by atoms with Gasteiger partial charge in [-0.1, -0.05) is 82.9 Å². The van der Waals surface area contributed by atoms with Crippen LogP contribution in [0.15, 0.2) is 24.3 Å². The summed E-state index contributed by atoms with van der Waals surface area (Å²) in [5.74, 6) is -0.808. The van der Waals surface area contributed by atoms with Crippen LogP contribution in [0.3, 0.4) is 0 Å². The number of hydrogen-bond donors (Lipinski definition) is 1.